The topological polar surface area (TPSA) is 76.5 Å². The van der Waals surface area contributed by atoms with Crippen LogP contribution in [0.2, 0.25) is 5.02 Å². The van der Waals surface area contributed by atoms with Crippen LogP contribution in [-0.2, 0) is 7.05 Å². The van der Waals surface area contributed by atoms with E-state index in [1.54, 1.807) is 6.20 Å². The molecule has 0 bridgehead atoms. The largest absolute Gasteiger partial charge is 0.412 e. The van der Waals surface area contributed by atoms with E-state index in [0.29, 0.717) is 41.4 Å². The number of fused-ring (bicyclic) bond motifs is 2. The molecular formula is C27H25ClN4O3S. The lowest BCUT2D eigenvalue weighted by Gasteiger charge is -2.27. The van der Waals surface area contributed by atoms with E-state index in [4.69, 9.17) is 16.3 Å². The summed E-state index contributed by atoms with van der Waals surface area (Å²) >= 11 is 7.70. The molecule has 3 atom stereocenters. The van der Waals surface area contributed by atoms with Crippen molar-refractivity contribution in [3.05, 3.63) is 70.5 Å². The molecule has 3 heterocycles. The summed E-state index contributed by atoms with van der Waals surface area (Å²) in [6.07, 6.45) is 2.35. The van der Waals surface area contributed by atoms with Gasteiger partial charge in [-0.15, -0.1) is 11.3 Å². The first-order valence-corrected chi connectivity index (χ1v) is 13.1. The molecule has 2 aromatic carbocycles. The van der Waals surface area contributed by atoms with E-state index >= 15 is 0 Å². The quantitative estimate of drug-likeness (QED) is 0.376. The minimum absolute atomic E-state index is 0.0863. The number of aryl methyl sites for hydroxylation is 2. The molecule has 1 N–H and O–H groups in total. The van der Waals surface area contributed by atoms with Crippen LogP contribution in [0.4, 0.5) is 4.79 Å². The number of piperidine rings is 1. The molecule has 4 aromatic rings. The van der Waals surface area contributed by atoms with Crippen LogP contribution in [-0.4, -0.2) is 45.6 Å². The lowest BCUT2D eigenvalue weighted by molar-refractivity contribution is 0.0700. The van der Waals surface area contributed by atoms with Crippen LogP contribution in [0.15, 0.2) is 54.7 Å². The molecule has 7 nitrogen and oxygen atoms in total. The van der Waals surface area contributed by atoms with Crippen molar-refractivity contribution in [3.63, 3.8) is 0 Å². The zero-order chi connectivity index (χ0) is 25.0. The molecule has 9 heteroatoms. The highest BCUT2D eigenvalue weighted by Gasteiger charge is 2.54. The van der Waals surface area contributed by atoms with Gasteiger partial charge in [-0.25, -0.2) is 9.78 Å². The number of benzene rings is 2. The number of para-hydroxylation sites is 1. The number of carbonyl (C=O) groups excluding carboxylic acids is 2. The number of rotatable bonds is 5. The summed E-state index contributed by atoms with van der Waals surface area (Å²) in [7, 11) is 1.92. The maximum atomic E-state index is 13.7. The van der Waals surface area contributed by atoms with E-state index in [-0.39, 0.29) is 11.9 Å². The first kappa shape index (κ1) is 23.1. The lowest BCUT2D eigenvalue weighted by atomic mass is 10.1. The highest BCUT2D eigenvalue weighted by molar-refractivity contribution is 7.15. The average Bonchev–Trinajstić information content (AvgIpc) is 3.21. The molecule has 0 radical (unpaired) electrons. The van der Waals surface area contributed by atoms with Gasteiger partial charge in [-0.1, -0.05) is 35.9 Å². The molecule has 2 aliphatic rings. The van der Waals surface area contributed by atoms with Gasteiger partial charge in [0.05, 0.1) is 21.4 Å². The van der Waals surface area contributed by atoms with Crippen molar-refractivity contribution in [1.82, 2.24) is 19.8 Å². The first-order chi connectivity index (χ1) is 17.4. The molecular weight excluding hydrogens is 496 g/mol. The molecule has 1 aliphatic heterocycles. The van der Waals surface area contributed by atoms with E-state index in [1.807, 2.05) is 72.0 Å². The molecule has 0 spiro atoms. The lowest BCUT2D eigenvalue weighted by Crippen LogP contribution is -2.46. The summed E-state index contributed by atoms with van der Waals surface area (Å²) in [4.78, 5) is 33.7. The summed E-state index contributed by atoms with van der Waals surface area (Å²) < 4.78 is 7.56. The van der Waals surface area contributed by atoms with Crippen LogP contribution in [0.3, 0.4) is 0 Å². The Morgan fingerprint density at radius 3 is 2.89 bits per heavy atom. The number of amides is 2. The minimum atomic E-state index is -0.521. The van der Waals surface area contributed by atoms with Crippen molar-refractivity contribution in [2.75, 3.05) is 13.1 Å². The SMILES string of the molecule is Cc1nc(C(=O)N2C[C@@H]3C[C@@H]3[C@H]2CNC(=O)Oc2cn(C)c3ccccc23)c(-c2cccc(Cl)c2)s1. The van der Waals surface area contributed by atoms with Gasteiger partial charge < -0.3 is 19.5 Å². The molecule has 6 rings (SSSR count). The van der Waals surface area contributed by atoms with Crippen LogP contribution < -0.4 is 10.1 Å². The Morgan fingerprint density at radius 2 is 2.06 bits per heavy atom. The van der Waals surface area contributed by atoms with Gasteiger partial charge in [0.15, 0.2) is 5.75 Å². The predicted octanol–water partition coefficient (Wildman–Crippen LogP) is 5.51. The molecule has 184 valence electrons. The van der Waals surface area contributed by atoms with Gasteiger partial charge >= 0.3 is 6.09 Å². The Bertz CT molecular complexity index is 1500. The minimum Gasteiger partial charge on any atom is -0.408 e. The second kappa shape index (κ2) is 8.94. The Labute approximate surface area is 217 Å². The highest BCUT2D eigenvalue weighted by atomic mass is 35.5. The number of nitrogens with one attached hydrogen (secondary N) is 1. The number of ether oxygens (including phenoxy) is 1. The zero-order valence-electron chi connectivity index (χ0n) is 19.9. The number of aromatic nitrogens is 2. The van der Waals surface area contributed by atoms with Crippen LogP contribution in [0, 0.1) is 18.8 Å². The number of hydrogen-bond donors (Lipinski definition) is 1. The normalized spacial score (nSPS) is 20.4. The number of nitrogens with zero attached hydrogens (tertiary/aromatic N) is 3. The fourth-order valence-electron chi connectivity index (χ4n) is 5.31. The van der Waals surface area contributed by atoms with Gasteiger partial charge in [0.2, 0.25) is 0 Å². The number of likely N-dealkylation sites (tertiary alicyclic amines) is 1. The van der Waals surface area contributed by atoms with Crippen molar-refractivity contribution in [2.24, 2.45) is 18.9 Å². The van der Waals surface area contributed by atoms with Gasteiger partial charge in [0.1, 0.15) is 5.69 Å². The molecule has 2 aromatic heterocycles. The van der Waals surface area contributed by atoms with Crippen LogP contribution in [0.5, 0.6) is 5.75 Å². The molecule has 36 heavy (non-hydrogen) atoms. The van der Waals surface area contributed by atoms with Gasteiger partial charge in [-0.05, 0) is 55.0 Å². The van der Waals surface area contributed by atoms with Crippen molar-refractivity contribution >= 4 is 45.8 Å². The Morgan fingerprint density at radius 1 is 1.22 bits per heavy atom. The van der Waals surface area contributed by atoms with Crippen molar-refractivity contribution in [1.29, 1.82) is 0 Å². The second-order valence-corrected chi connectivity index (χ2v) is 11.1. The molecule has 2 amide bonds. The van der Waals surface area contributed by atoms with Crippen molar-refractivity contribution in [2.45, 2.75) is 19.4 Å². The molecule has 1 aliphatic carbocycles. The third kappa shape index (κ3) is 4.14. The predicted molar refractivity (Wildman–Crippen MR) is 141 cm³/mol. The number of halogens is 1. The van der Waals surface area contributed by atoms with Gasteiger partial charge in [0, 0.05) is 36.7 Å². The van der Waals surface area contributed by atoms with Crippen molar-refractivity contribution < 1.29 is 14.3 Å². The van der Waals surface area contributed by atoms with Gasteiger partial charge in [0.25, 0.3) is 5.91 Å². The third-order valence-electron chi connectivity index (χ3n) is 7.11. The Kier molecular flexibility index (Phi) is 5.73. The molecule has 0 unspecified atom stereocenters. The third-order valence-corrected chi connectivity index (χ3v) is 8.36. The first-order valence-electron chi connectivity index (χ1n) is 11.9. The Hall–Kier alpha value is -3.36. The van der Waals surface area contributed by atoms with E-state index in [0.717, 1.165) is 32.8 Å². The smallest absolute Gasteiger partial charge is 0.408 e. The standard InChI is InChI=1S/C27H25ClN4O3S/c1-15-30-24(25(36-15)16-6-5-7-18(28)10-16)26(33)32-13-17-11-20(17)22(32)12-29-27(34)35-23-14-31(2)21-9-4-3-8-19(21)23/h3-10,14,17,20,22H,11-13H2,1-2H3,(H,29,34)/t17-,20-,22+/m0/s1. The van der Waals surface area contributed by atoms with E-state index in [1.165, 1.54) is 11.3 Å². The Balaban J connectivity index is 1.18. The monoisotopic (exact) mass is 520 g/mol. The number of carbonyl (C=O) groups is 2. The van der Waals surface area contributed by atoms with E-state index in [9.17, 15) is 9.59 Å². The van der Waals surface area contributed by atoms with Crippen molar-refractivity contribution in [3.8, 4) is 16.2 Å². The van der Waals surface area contributed by atoms with Crippen LogP contribution >= 0.6 is 22.9 Å². The van der Waals surface area contributed by atoms with E-state index < -0.39 is 6.09 Å². The summed E-state index contributed by atoms with van der Waals surface area (Å²) in [6.45, 7) is 2.92. The number of hydrogen-bond acceptors (Lipinski definition) is 5. The highest BCUT2D eigenvalue weighted by Crippen LogP contribution is 2.50. The maximum Gasteiger partial charge on any atom is 0.412 e. The van der Waals surface area contributed by atoms with Crippen LogP contribution in [0.25, 0.3) is 21.3 Å². The second-order valence-electron chi connectivity index (χ2n) is 9.50. The molecule has 1 saturated carbocycles. The summed E-state index contributed by atoms with van der Waals surface area (Å²) in [5.41, 5.74) is 2.32. The summed E-state index contributed by atoms with van der Waals surface area (Å²) in [5, 5.41) is 5.22. The average molecular weight is 521 g/mol. The zero-order valence-corrected chi connectivity index (χ0v) is 21.5. The summed E-state index contributed by atoms with van der Waals surface area (Å²) in [6, 6.07) is 15.2. The van der Waals surface area contributed by atoms with Gasteiger partial charge in [-0.3, -0.25) is 4.79 Å². The van der Waals surface area contributed by atoms with E-state index in [2.05, 4.69) is 10.3 Å². The fourth-order valence-corrected chi connectivity index (χ4v) is 6.41. The van der Waals surface area contributed by atoms with Crippen LogP contribution in [0.1, 0.15) is 21.9 Å². The maximum absolute atomic E-state index is 13.7. The molecule has 1 saturated heterocycles. The van der Waals surface area contributed by atoms with Gasteiger partial charge in [-0.2, -0.15) is 0 Å². The fraction of sp³-hybridized carbons (Fsp3) is 0.296. The number of thiazole rings is 1. The molecule has 2 fully saturated rings. The summed E-state index contributed by atoms with van der Waals surface area (Å²) in [5.74, 6) is 1.28.